The molecule has 160 valence electrons. The number of hydrogen-bond donors (Lipinski definition) is 1. The minimum absolute atomic E-state index is 0.0514. The lowest BCUT2D eigenvalue weighted by Gasteiger charge is -2.14. The van der Waals surface area contributed by atoms with Crippen molar-refractivity contribution in [1.82, 2.24) is 5.43 Å². The van der Waals surface area contributed by atoms with Crippen LogP contribution in [0.5, 0.6) is 5.75 Å². The van der Waals surface area contributed by atoms with Crippen molar-refractivity contribution < 1.29 is 19.2 Å². The highest BCUT2D eigenvalue weighted by Gasteiger charge is 2.35. The summed E-state index contributed by atoms with van der Waals surface area (Å²) in [5.41, 5.74) is 3.34. The van der Waals surface area contributed by atoms with Gasteiger partial charge < -0.3 is 4.74 Å². The molecular weight excluding hydrogens is 434 g/mol. The number of halogens is 1. The molecule has 1 fully saturated rings. The first-order valence-electron chi connectivity index (χ1n) is 9.51. The Balaban J connectivity index is 1.73. The molecule has 4 rings (SSSR count). The number of hydrazine groups is 1. The average molecular weight is 450 g/mol. The van der Waals surface area contributed by atoms with Crippen LogP contribution in [0.25, 0.3) is 6.08 Å². The Morgan fingerprint density at radius 1 is 1.03 bits per heavy atom. The number of nitro groups is 1. The standard InChI is InChI=1S/C23H16ClN3O5/c24-17-11-16(12-19-22(28)25-26(23(19)29)18-9-5-2-6-10-18)21(20(13-17)27(30)31)32-14-15-7-3-1-4-8-15/h1-13H,14H2,(H,25,28)/b19-12-. The zero-order valence-corrected chi connectivity index (χ0v) is 17.3. The van der Waals surface area contributed by atoms with E-state index in [4.69, 9.17) is 16.3 Å². The summed E-state index contributed by atoms with van der Waals surface area (Å²) in [5.74, 6) is -1.33. The van der Waals surface area contributed by atoms with Crippen molar-refractivity contribution in [2.24, 2.45) is 0 Å². The van der Waals surface area contributed by atoms with Crippen LogP contribution in [-0.2, 0) is 16.2 Å². The summed E-state index contributed by atoms with van der Waals surface area (Å²) in [5, 5.41) is 12.8. The second-order valence-electron chi connectivity index (χ2n) is 6.85. The van der Waals surface area contributed by atoms with Gasteiger partial charge in [-0.2, -0.15) is 0 Å². The zero-order valence-electron chi connectivity index (χ0n) is 16.5. The van der Waals surface area contributed by atoms with Crippen molar-refractivity contribution in [3.63, 3.8) is 0 Å². The van der Waals surface area contributed by atoms with Gasteiger partial charge in [-0.15, -0.1) is 0 Å². The normalized spacial score (nSPS) is 14.5. The quantitative estimate of drug-likeness (QED) is 0.262. The second kappa shape index (κ2) is 8.91. The summed E-state index contributed by atoms with van der Waals surface area (Å²) in [6.45, 7) is 0.0514. The van der Waals surface area contributed by atoms with Crippen molar-refractivity contribution in [3.05, 3.63) is 105 Å². The molecule has 3 aromatic rings. The number of amides is 2. The second-order valence-corrected chi connectivity index (χ2v) is 7.29. The minimum Gasteiger partial charge on any atom is -0.482 e. The van der Waals surface area contributed by atoms with Crippen LogP contribution in [0.2, 0.25) is 5.02 Å². The molecule has 2 amide bonds. The number of anilines is 1. The summed E-state index contributed by atoms with van der Waals surface area (Å²) in [4.78, 5) is 36.4. The monoisotopic (exact) mass is 449 g/mol. The third-order valence-corrected chi connectivity index (χ3v) is 4.91. The minimum atomic E-state index is -0.643. The van der Waals surface area contributed by atoms with E-state index in [0.717, 1.165) is 16.6 Å². The van der Waals surface area contributed by atoms with Crippen molar-refractivity contribution in [3.8, 4) is 5.75 Å². The molecule has 1 aliphatic heterocycles. The molecule has 0 bridgehead atoms. The molecule has 0 spiro atoms. The maximum absolute atomic E-state index is 12.9. The molecule has 1 aliphatic rings. The topological polar surface area (TPSA) is 102 Å². The van der Waals surface area contributed by atoms with Gasteiger partial charge in [0.15, 0.2) is 0 Å². The van der Waals surface area contributed by atoms with E-state index in [1.807, 2.05) is 30.3 Å². The fourth-order valence-corrected chi connectivity index (χ4v) is 3.42. The molecule has 3 aromatic carbocycles. The van der Waals surface area contributed by atoms with Crippen molar-refractivity contribution >= 4 is 40.9 Å². The number of carbonyl (C=O) groups is 2. The lowest BCUT2D eigenvalue weighted by Crippen LogP contribution is -2.35. The van der Waals surface area contributed by atoms with Crippen LogP contribution >= 0.6 is 11.6 Å². The predicted molar refractivity (Wildman–Crippen MR) is 119 cm³/mol. The van der Waals surface area contributed by atoms with Gasteiger partial charge in [-0.05, 0) is 29.8 Å². The molecule has 32 heavy (non-hydrogen) atoms. The number of carbonyl (C=O) groups excluding carboxylic acids is 2. The molecule has 8 nitrogen and oxygen atoms in total. The lowest BCUT2D eigenvalue weighted by atomic mass is 10.1. The van der Waals surface area contributed by atoms with Crippen LogP contribution in [0, 0.1) is 10.1 Å². The molecule has 9 heteroatoms. The maximum Gasteiger partial charge on any atom is 0.313 e. The third-order valence-electron chi connectivity index (χ3n) is 4.69. The van der Waals surface area contributed by atoms with E-state index in [1.165, 1.54) is 12.1 Å². The Morgan fingerprint density at radius 3 is 2.34 bits per heavy atom. The maximum atomic E-state index is 12.9. The molecule has 1 N–H and O–H groups in total. The Kier molecular flexibility index (Phi) is 5.87. The summed E-state index contributed by atoms with van der Waals surface area (Å²) in [6.07, 6.45) is 1.25. The summed E-state index contributed by atoms with van der Waals surface area (Å²) >= 11 is 6.08. The van der Waals surface area contributed by atoms with E-state index < -0.39 is 16.7 Å². The number of nitrogens with zero attached hydrogens (tertiary/aromatic N) is 2. The number of hydrogen-bond acceptors (Lipinski definition) is 5. The Morgan fingerprint density at radius 2 is 1.69 bits per heavy atom. The average Bonchev–Trinajstić information content (AvgIpc) is 3.07. The number of para-hydroxylation sites is 1. The van der Waals surface area contributed by atoms with Crippen LogP contribution in [-0.4, -0.2) is 16.7 Å². The molecule has 0 atom stereocenters. The number of ether oxygens (including phenoxy) is 1. The first kappa shape index (κ1) is 21.1. The fourth-order valence-electron chi connectivity index (χ4n) is 3.20. The highest BCUT2D eigenvalue weighted by molar-refractivity contribution is 6.32. The molecule has 1 saturated heterocycles. The number of nitro benzene ring substituents is 1. The van der Waals surface area contributed by atoms with Crippen LogP contribution in [0.15, 0.2) is 78.4 Å². The highest BCUT2D eigenvalue weighted by atomic mass is 35.5. The van der Waals surface area contributed by atoms with Gasteiger partial charge in [0.25, 0.3) is 11.8 Å². The summed E-state index contributed by atoms with van der Waals surface area (Å²) in [7, 11) is 0. The SMILES string of the molecule is O=C1NN(c2ccccc2)C(=O)/C1=C\c1cc(Cl)cc([N+](=O)[O-])c1OCc1ccccc1. The van der Waals surface area contributed by atoms with E-state index in [0.29, 0.717) is 5.69 Å². The van der Waals surface area contributed by atoms with E-state index in [2.05, 4.69) is 5.43 Å². The Hall–Kier alpha value is -4.17. The van der Waals surface area contributed by atoms with Gasteiger partial charge in [-0.25, -0.2) is 5.01 Å². The van der Waals surface area contributed by atoms with Crippen molar-refractivity contribution in [2.75, 3.05) is 5.01 Å². The van der Waals surface area contributed by atoms with Crippen molar-refractivity contribution in [1.29, 1.82) is 0 Å². The van der Waals surface area contributed by atoms with E-state index in [9.17, 15) is 19.7 Å². The third kappa shape index (κ3) is 4.30. The first-order chi connectivity index (χ1) is 15.4. The van der Waals surface area contributed by atoms with Crippen LogP contribution in [0.4, 0.5) is 11.4 Å². The van der Waals surface area contributed by atoms with Crippen molar-refractivity contribution in [2.45, 2.75) is 6.61 Å². The van der Waals surface area contributed by atoms with E-state index >= 15 is 0 Å². The van der Waals surface area contributed by atoms with Gasteiger partial charge in [-0.1, -0.05) is 60.1 Å². The predicted octanol–water partition coefficient (Wildman–Crippen LogP) is 4.29. The Labute approximate surface area is 187 Å². The molecule has 0 aromatic heterocycles. The van der Waals surface area contributed by atoms with Gasteiger partial charge in [0.05, 0.1) is 10.6 Å². The number of benzene rings is 3. The number of rotatable bonds is 6. The molecule has 0 saturated carbocycles. The first-order valence-corrected chi connectivity index (χ1v) is 9.88. The van der Waals surface area contributed by atoms with Gasteiger partial charge in [-0.3, -0.25) is 25.1 Å². The molecule has 0 radical (unpaired) electrons. The molecule has 0 aliphatic carbocycles. The van der Waals surface area contributed by atoms with Gasteiger partial charge in [0.2, 0.25) is 5.75 Å². The van der Waals surface area contributed by atoms with Gasteiger partial charge in [0.1, 0.15) is 12.2 Å². The molecule has 0 unspecified atom stereocenters. The smallest absolute Gasteiger partial charge is 0.313 e. The Bertz CT molecular complexity index is 1230. The zero-order chi connectivity index (χ0) is 22.7. The summed E-state index contributed by atoms with van der Waals surface area (Å²) < 4.78 is 5.76. The molecule has 1 heterocycles. The van der Waals surface area contributed by atoms with Crippen LogP contribution < -0.4 is 15.2 Å². The highest BCUT2D eigenvalue weighted by Crippen LogP contribution is 2.37. The fraction of sp³-hybridized carbons (Fsp3) is 0.0435. The van der Waals surface area contributed by atoms with Crippen LogP contribution in [0.1, 0.15) is 11.1 Å². The van der Waals surface area contributed by atoms with Gasteiger partial charge in [0, 0.05) is 16.7 Å². The van der Waals surface area contributed by atoms with E-state index in [-0.39, 0.29) is 34.2 Å². The van der Waals surface area contributed by atoms with E-state index in [1.54, 1.807) is 30.3 Å². The lowest BCUT2D eigenvalue weighted by molar-refractivity contribution is -0.385. The molecular formula is C23H16ClN3O5. The largest absolute Gasteiger partial charge is 0.482 e. The van der Waals surface area contributed by atoms with Gasteiger partial charge >= 0.3 is 5.69 Å². The number of nitrogens with one attached hydrogen (secondary N) is 1. The van der Waals surface area contributed by atoms with Crippen LogP contribution in [0.3, 0.4) is 0 Å². The summed E-state index contributed by atoms with van der Waals surface area (Å²) in [6, 6.07) is 20.2.